The molecule has 3 atom stereocenters. The van der Waals surface area contributed by atoms with Gasteiger partial charge in [0.1, 0.15) is 6.04 Å². The Labute approximate surface area is 216 Å². The third kappa shape index (κ3) is 6.44. The summed E-state index contributed by atoms with van der Waals surface area (Å²) in [7, 11) is 0. The minimum absolute atomic E-state index is 0.00222. The van der Waals surface area contributed by atoms with Crippen molar-refractivity contribution < 1.29 is 19.2 Å². The summed E-state index contributed by atoms with van der Waals surface area (Å²) in [4.78, 5) is 54.7. The van der Waals surface area contributed by atoms with Crippen LogP contribution in [0.25, 0.3) is 0 Å². The van der Waals surface area contributed by atoms with Gasteiger partial charge in [0.05, 0.1) is 11.8 Å². The third-order valence-electron chi connectivity index (χ3n) is 6.72. The van der Waals surface area contributed by atoms with E-state index in [0.29, 0.717) is 41.4 Å². The number of carbonyl (C=O) groups excluding carboxylic acids is 4. The highest BCUT2D eigenvalue weighted by Gasteiger charge is 2.47. The topological polar surface area (TPSA) is 86.8 Å². The van der Waals surface area contributed by atoms with E-state index in [1.807, 2.05) is 26.0 Å². The summed E-state index contributed by atoms with van der Waals surface area (Å²) in [6.45, 7) is 4.53. The van der Waals surface area contributed by atoms with Crippen LogP contribution in [-0.2, 0) is 25.7 Å². The maximum atomic E-state index is 13.5. The van der Waals surface area contributed by atoms with Crippen molar-refractivity contribution >= 4 is 46.8 Å². The first-order valence-electron chi connectivity index (χ1n) is 12.3. The Balaban J connectivity index is 1.76. The van der Waals surface area contributed by atoms with Crippen molar-refractivity contribution in [3.05, 3.63) is 46.0 Å². The zero-order valence-electron chi connectivity index (χ0n) is 20.3. The van der Waals surface area contributed by atoms with Crippen LogP contribution in [0.5, 0.6) is 0 Å². The largest absolute Gasteiger partial charge is 0.354 e. The molecule has 1 aliphatic heterocycles. The van der Waals surface area contributed by atoms with E-state index in [9.17, 15) is 19.2 Å². The molecular weight excluding hydrogens is 489 g/mol. The number of nitrogens with zero attached hydrogens (tertiary/aromatic N) is 2. The zero-order valence-corrected chi connectivity index (χ0v) is 21.8. The average molecular weight is 522 g/mol. The molecule has 9 heteroatoms. The molecule has 1 N–H and O–H groups in total. The standard InChI is InChI=1S/C26H33Cl2N3O4/c1-3-5-13-29-24(33)22(4-2)31(16-17-10-11-18(27)15-21(17)28)23(32)12-14-30-25(34)19-8-6-7-9-20(19)26(30)35/h6-7,10-11,15,19-20,22H,3-5,8-9,12-14,16H2,1-2H3,(H,29,33)/t19-,20+,22-/m1/s1. The summed E-state index contributed by atoms with van der Waals surface area (Å²) in [5.41, 5.74) is 0.662. The number of fused-ring (bicyclic) bond motifs is 1. The first-order valence-corrected chi connectivity index (χ1v) is 13.0. The van der Waals surface area contributed by atoms with Gasteiger partial charge in [-0.1, -0.05) is 61.7 Å². The van der Waals surface area contributed by atoms with Gasteiger partial charge < -0.3 is 10.2 Å². The van der Waals surface area contributed by atoms with E-state index in [4.69, 9.17) is 23.2 Å². The molecule has 35 heavy (non-hydrogen) atoms. The molecule has 0 unspecified atom stereocenters. The molecule has 0 saturated carbocycles. The van der Waals surface area contributed by atoms with Crippen molar-refractivity contribution in [2.45, 2.75) is 65.0 Å². The molecule has 0 bridgehead atoms. The summed E-state index contributed by atoms with van der Waals surface area (Å²) in [6.07, 6.45) is 7.10. The molecule has 0 spiro atoms. The second-order valence-electron chi connectivity index (χ2n) is 9.06. The van der Waals surface area contributed by atoms with Crippen molar-refractivity contribution in [3.63, 3.8) is 0 Å². The van der Waals surface area contributed by atoms with Gasteiger partial charge in [0.25, 0.3) is 0 Å². The number of unbranched alkanes of at least 4 members (excludes halogenated alkanes) is 1. The smallest absolute Gasteiger partial charge is 0.242 e. The Bertz CT molecular complexity index is 971. The van der Waals surface area contributed by atoms with E-state index in [1.54, 1.807) is 18.2 Å². The lowest BCUT2D eigenvalue weighted by Crippen LogP contribution is -2.50. The van der Waals surface area contributed by atoms with E-state index >= 15 is 0 Å². The van der Waals surface area contributed by atoms with Gasteiger partial charge >= 0.3 is 0 Å². The second-order valence-corrected chi connectivity index (χ2v) is 9.90. The van der Waals surface area contributed by atoms with Gasteiger partial charge in [-0.25, -0.2) is 0 Å². The maximum Gasteiger partial charge on any atom is 0.242 e. The highest BCUT2D eigenvalue weighted by atomic mass is 35.5. The molecule has 1 saturated heterocycles. The maximum absolute atomic E-state index is 13.5. The number of hydrogen-bond donors (Lipinski definition) is 1. The quantitative estimate of drug-likeness (QED) is 0.266. The van der Waals surface area contributed by atoms with Crippen LogP contribution in [0.1, 0.15) is 57.9 Å². The fourth-order valence-electron chi connectivity index (χ4n) is 4.70. The number of benzene rings is 1. The van der Waals surface area contributed by atoms with Crippen molar-refractivity contribution in [1.29, 1.82) is 0 Å². The Kier molecular flexibility index (Phi) is 9.75. The van der Waals surface area contributed by atoms with Gasteiger partial charge in [0.15, 0.2) is 0 Å². The lowest BCUT2D eigenvalue weighted by atomic mass is 9.85. The first kappa shape index (κ1) is 27.2. The number of nitrogens with one attached hydrogen (secondary N) is 1. The summed E-state index contributed by atoms with van der Waals surface area (Å²) < 4.78 is 0. The molecule has 1 aromatic rings. The fourth-order valence-corrected chi connectivity index (χ4v) is 5.17. The molecule has 7 nitrogen and oxygen atoms in total. The Morgan fingerprint density at radius 2 is 1.77 bits per heavy atom. The predicted molar refractivity (Wildman–Crippen MR) is 136 cm³/mol. The zero-order chi connectivity index (χ0) is 25.5. The number of amides is 4. The number of likely N-dealkylation sites (tertiary alicyclic amines) is 1. The van der Waals surface area contributed by atoms with Crippen molar-refractivity contribution in [1.82, 2.24) is 15.1 Å². The van der Waals surface area contributed by atoms with E-state index < -0.39 is 6.04 Å². The summed E-state index contributed by atoms with van der Waals surface area (Å²) >= 11 is 12.4. The SMILES string of the molecule is CCCCNC(=O)[C@@H](CC)N(Cc1ccc(Cl)cc1Cl)C(=O)CCN1C(=O)[C@H]2CC=CC[C@H]2C1=O. The van der Waals surface area contributed by atoms with Gasteiger partial charge in [-0.2, -0.15) is 0 Å². The van der Waals surface area contributed by atoms with Crippen LogP contribution in [-0.4, -0.2) is 52.6 Å². The first-order chi connectivity index (χ1) is 16.8. The van der Waals surface area contributed by atoms with Crippen LogP contribution in [0, 0.1) is 11.8 Å². The number of rotatable bonds is 11. The fraction of sp³-hybridized carbons (Fsp3) is 0.538. The van der Waals surface area contributed by atoms with Crippen LogP contribution in [0.3, 0.4) is 0 Å². The van der Waals surface area contributed by atoms with Gasteiger partial charge in [0, 0.05) is 36.1 Å². The monoisotopic (exact) mass is 521 g/mol. The molecular formula is C26H33Cl2N3O4. The number of halogens is 2. The van der Waals surface area contributed by atoms with Crippen LogP contribution < -0.4 is 5.32 Å². The van der Waals surface area contributed by atoms with E-state index in [-0.39, 0.29) is 55.0 Å². The van der Waals surface area contributed by atoms with E-state index in [1.165, 1.54) is 9.80 Å². The van der Waals surface area contributed by atoms with Crippen molar-refractivity contribution in [3.8, 4) is 0 Å². The lowest BCUT2D eigenvalue weighted by Gasteiger charge is -2.31. The Hall–Kier alpha value is -2.38. The number of imide groups is 1. The molecule has 190 valence electrons. The second kappa shape index (κ2) is 12.5. The van der Waals surface area contributed by atoms with E-state index in [2.05, 4.69) is 5.32 Å². The minimum Gasteiger partial charge on any atom is -0.354 e. The molecule has 0 aromatic heterocycles. The molecule has 1 heterocycles. The molecule has 2 aliphatic rings. The molecule has 1 fully saturated rings. The molecule has 1 aliphatic carbocycles. The van der Waals surface area contributed by atoms with Gasteiger partial charge in [-0.15, -0.1) is 0 Å². The highest BCUT2D eigenvalue weighted by Crippen LogP contribution is 2.35. The van der Waals surface area contributed by atoms with Crippen LogP contribution in [0.2, 0.25) is 10.0 Å². The van der Waals surface area contributed by atoms with Crippen LogP contribution in [0.15, 0.2) is 30.4 Å². The minimum atomic E-state index is -0.706. The normalized spacial score (nSPS) is 20.1. The lowest BCUT2D eigenvalue weighted by molar-refractivity contribution is -0.144. The van der Waals surface area contributed by atoms with Crippen LogP contribution in [0.4, 0.5) is 0 Å². The molecule has 4 amide bonds. The Morgan fingerprint density at radius 1 is 1.11 bits per heavy atom. The Morgan fingerprint density at radius 3 is 2.34 bits per heavy atom. The summed E-state index contributed by atoms with van der Waals surface area (Å²) in [5.74, 6) is -1.65. The number of carbonyl (C=O) groups is 4. The predicted octanol–water partition coefficient (Wildman–Crippen LogP) is 4.36. The summed E-state index contributed by atoms with van der Waals surface area (Å²) in [5, 5.41) is 3.79. The van der Waals surface area contributed by atoms with Crippen molar-refractivity contribution in [2.75, 3.05) is 13.1 Å². The number of hydrogen-bond acceptors (Lipinski definition) is 4. The van der Waals surface area contributed by atoms with Gasteiger partial charge in [-0.05, 0) is 43.4 Å². The average Bonchev–Trinajstić information content (AvgIpc) is 3.08. The molecule has 1 aromatic carbocycles. The summed E-state index contributed by atoms with van der Waals surface area (Å²) in [6, 6.07) is 4.31. The third-order valence-corrected chi connectivity index (χ3v) is 7.31. The highest BCUT2D eigenvalue weighted by molar-refractivity contribution is 6.35. The van der Waals surface area contributed by atoms with E-state index in [0.717, 1.165) is 12.8 Å². The molecule has 0 radical (unpaired) electrons. The van der Waals surface area contributed by atoms with Crippen LogP contribution >= 0.6 is 23.2 Å². The van der Waals surface area contributed by atoms with Crippen molar-refractivity contribution in [2.24, 2.45) is 11.8 Å². The number of allylic oxidation sites excluding steroid dienone is 2. The molecule has 3 rings (SSSR count). The van der Waals surface area contributed by atoms with Gasteiger partial charge in [-0.3, -0.25) is 24.1 Å². The van der Waals surface area contributed by atoms with Gasteiger partial charge in [0.2, 0.25) is 23.6 Å².